The van der Waals surface area contributed by atoms with Crippen LogP contribution in [0.4, 0.5) is 0 Å². The van der Waals surface area contributed by atoms with Crippen LogP contribution in [0.1, 0.15) is 12.5 Å². The summed E-state index contributed by atoms with van der Waals surface area (Å²) < 4.78 is 30.7. The summed E-state index contributed by atoms with van der Waals surface area (Å²) in [7, 11) is -3.92. The highest BCUT2D eigenvalue weighted by Crippen LogP contribution is 2.36. The number of benzene rings is 2. The molecule has 0 saturated carbocycles. The maximum Gasteiger partial charge on any atom is 0.216 e. The smallest absolute Gasteiger partial charge is 0.216 e. The van der Waals surface area contributed by atoms with Crippen LogP contribution in [0.2, 0.25) is 0 Å². The second-order valence-corrected chi connectivity index (χ2v) is 7.49. The van der Waals surface area contributed by atoms with E-state index in [0.29, 0.717) is 16.6 Å². The molecule has 24 heavy (non-hydrogen) atoms. The summed E-state index contributed by atoms with van der Waals surface area (Å²) in [5.41, 5.74) is 0.416. The van der Waals surface area contributed by atoms with E-state index in [9.17, 15) is 18.8 Å². The van der Waals surface area contributed by atoms with Crippen molar-refractivity contribution in [1.29, 1.82) is 5.26 Å². The number of phenolic OH excluding ortho intramolecular Hbond substituents is 1. The van der Waals surface area contributed by atoms with Gasteiger partial charge in [-0.25, -0.2) is 8.42 Å². The Morgan fingerprint density at radius 2 is 2.00 bits per heavy atom. The number of ether oxygens (including phenoxy) is 1. The highest BCUT2D eigenvalue weighted by atomic mass is 79.9. The summed E-state index contributed by atoms with van der Waals surface area (Å²) in [6.45, 7) is 2.09. The SMILES string of the molecule is CCOc1cc(C=C(C#N)S(=O)(=O)c2ccccc2)cc(Br)c1O. The average Bonchev–Trinajstić information content (AvgIpc) is 2.57. The summed E-state index contributed by atoms with van der Waals surface area (Å²) >= 11 is 3.18. The Kier molecular flexibility index (Phi) is 5.65. The first-order valence-electron chi connectivity index (χ1n) is 6.97. The minimum Gasteiger partial charge on any atom is -0.503 e. The molecule has 0 aliphatic heterocycles. The fourth-order valence-corrected chi connectivity index (χ4v) is 3.63. The third kappa shape index (κ3) is 3.78. The van der Waals surface area contributed by atoms with Crippen molar-refractivity contribution in [3.63, 3.8) is 0 Å². The lowest BCUT2D eigenvalue weighted by Crippen LogP contribution is -2.03. The Morgan fingerprint density at radius 3 is 2.58 bits per heavy atom. The van der Waals surface area contributed by atoms with Gasteiger partial charge >= 0.3 is 0 Å². The third-order valence-electron chi connectivity index (χ3n) is 3.10. The van der Waals surface area contributed by atoms with E-state index in [0.717, 1.165) is 0 Å². The zero-order chi connectivity index (χ0) is 17.7. The molecule has 0 aliphatic rings. The number of nitrogens with zero attached hydrogens (tertiary/aromatic N) is 1. The molecule has 0 unspecified atom stereocenters. The summed E-state index contributed by atoms with van der Waals surface area (Å²) in [6.07, 6.45) is 1.25. The van der Waals surface area contributed by atoms with Crippen molar-refractivity contribution in [2.24, 2.45) is 0 Å². The predicted molar refractivity (Wildman–Crippen MR) is 94.2 cm³/mol. The standard InChI is InChI=1S/C17H14BrNO4S/c1-2-23-16-10-12(9-15(18)17(16)20)8-14(11-19)24(21,22)13-6-4-3-5-7-13/h3-10,20H,2H2,1H3. The van der Waals surface area contributed by atoms with Gasteiger partial charge in [0.2, 0.25) is 9.84 Å². The van der Waals surface area contributed by atoms with Crippen molar-refractivity contribution in [1.82, 2.24) is 0 Å². The Balaban J connectivity index is 2.55. The van der Waals surface area contributed by atoms with Crippen LogP contribution in [0, 0.1) is 11.3 Å². The van der Waals surface area contributed by atoms with Crippen LogP contribution in [0.25, 0.3) is 6.08 Å². The topological polar surface area (TPSA) is 87.4 Å². The van der Waals surface area contributed by atoms with E-state index in [2.05, 4.69) is 15.9 Å². The van der Waals surface area contributed by atoms with Gasteiger partial charge in [0.1, 0.15) is 11.0 Å². The number of hydrogen-bond acceptors (Lipinski definition) is 5. The summed E-state index contributed by atoms with van der Waals surface area (Å²) in [5.74, 6) is 0.117. The molecule has 0 aromatic heterocycles. The zero-order valence-corrected chi connectivity index (χ0v) is 15.1. The number of sulfone groups is 1. The minimum absolute atomic E-state index is 0.0423. The van der Waals surface area contributed by atoms with Crippen molar-refractivity contribution in [2.75, 3.05) is 6.61 Å². The van der Waals surface area contributed by atoms with E-state index < -0.39 is 14.7 Å². The van der Waals surface area contributed by atoms with Gasteiger partial charge in [-0.1, -0.05) is 18.2 Å². The highest BCUT2D eigenvalue weighted by molar-refractivity contribution is 9.10. The van der Waals surface area contributed by atoms with E-state index >= 15 is 0 Å². The first kappa shape index (κ1) is 18.0. The van der Waals surface area contributed by atoms with Gasteiger partial charge in [-0.05, 0) is 58.8 Å². The number of phenols is 1. The number of rotatable bonds is 5. The molecule has 0 fully saturated rings. The van der Waals surface area contributed by atoms with Gasteiger partial charge < -0.3 is 9.84 Å². The molecule has 0 spiro atoms. The van der Waals surface area contributed by atoms with Crippen molar-refractivity contribution in [3.05, 3.63) is 57.4 Å². The monoisotopic (exact) mass is 407 g/mol. The summed E-state index contributed by atoms with van der Waals surface area (Å²) in [5, 5.41) is 19.2. The Morgan fingerprint density at radius 1 is 1.33 bits per heavy atom. The molecule has 5 nitrogen and oxygen atoms in total. The minimum atomic E-state index is -3.92. The van der Waals surface area contributed by atoms with Gasteiger partial charge in [-0.2, -0.15) is 5.26 Å². The largest absolute Gasteiger partial charge is 0.503 e. The first-order valence-corrected chi connectivity index (χ1v) is 9.25. The Bertz CT molecular complexity index is 916. The van der Waals surface area contributed by atoms with E-state index in [1.165, 1.54) is 30.3 Å². The second kappa shape index (κ2) is 7.51. The molecule has 0 atom stereocenters. The molecule has 0 aliphatic carbocycles. The molecule has 7 heteroatoms. The summed E-state index contributed by atoms with van der Waals surface area (Å²) in [4.78, 5) is -0.352. The maximum atomic E-state index is 12.5. The molecule has 1 N–H and O–H groups in total. The van der Waals surface area contributed by atoms with Crippen LogP contribution in [-0.4, -0.2) is 20.1 Å². The first-order chi connectivity index (χ1) is 11.4. The van der Waals surface area contributed by atoms with Crippen molar-refractivity contribution in [3.8, 4) is 17.6 Å². The number of hydrogen-bond donors (Lipinski definition) is 1. The fourth-order valence-electron chi connectivity index (χ4n) is 1.99. The lowest BCUT2D eigenvalue weighted by Gasteiger charge is -2.09. The van der Waals surface area contributed by atoms with Crippen LogP contribution < -0.4 is 4.74 Å². The Hall–Kier alpha value is -2.30. The molecule has 2 rings (SSSR count). The highest BCUT2D eigenvalue weighted by Gasteiger charge is 2.21. The van der Waals surface area contributed by atoms with E-state index in [4.69, 9.17) is 4.74 Å². The van der Waals surface area contributed by atoms with Gasteiger partial charge in [-0.3, -0.25) is 0 Å². The molecular weight excluding hydrogens is 394 g/mol. The molecule has 2 aromatic rings. The molecule has 2 aromatic carbocycles. The van der Waals surface area contributed by atoms with Crippen molar-refractivity contribution < 1.29 is 18.3 Å². The Labute approximate surface area is 148 Å². The van der Waals surface area contributed by atoms with E-state index in [-0.39, 0.29) is 16.4 Å². The predicted octanol–water partition coefficient (Wildman–Crippen LogP) is 3.89. The van der Waals surface area contributed by atoms with Crippen LogP contribution in [0.3, 0.4) is 0 Å². The van der Waals surface area contributed by atoms with Gasteiger partial charge in [0, 0.05) is 0 Å². The molecule has 0 radical (unpaired) electrons. The number of halogens is 1. The van der Waals surface area contributed by atoms with Crippen LogP contribution >= 0.6 is 15.9 Å². The lowest BCUT2D eigenvalue weighted by molar-refractivity contribution is 0.317. The van der Waals surface area contributed by atoms with Gasteiger partial charge in [0.05, 0.1) is 16.0 Å². The van der Waals surface area contributed by atoms with Gasteiger partial charge in [-0.15, -0.1) is 0 Å². The second-order valence-electron chi connectivity index (χ2n) is 4.72. The normalized spacial score (nSPS) is 11.8. The summed E-state index contributed by atoms with van der Waals surface area (Å²) in [6, 6.07) is 12.4. The fraction of sp³-hybridized carbons (Fsp3) is 0.118. The zero-order valence-electron chi connectivity index (χ0n) is 12.7. The molecule has 0 heterocycles. The van der Waals surface area contributed by atoms with Crippen molar-refractivity contribution in [2.45, 2.75) is 11.8 Å². The lowest BCUT2D eigenvalue weighted by atomic mass is 10.2. The van der Waals surface area contributed by atoms with Crippen LogP contribution in [-0.2, 0) is 9.84 Å². The third-order valence-corrected chi connectivity index (χ3v) is 5.39. The quantitative estimate of drug-likeness (QED) is 0.759. The van der Waals surface area contributed by atoms with Crippen molar-refractivity contribution >= 4 is 31.8 Å². The average molecular weight is 408 g/mol. The number of aromatic hydroxyl groups is 1. The van der Waals surface area contributed by atoms with Crippen LogP contribution in [0.15, 0.2) is 56.7 Å². The van der Waals surface area contributed by atoms with E-state index in [1.54, 1.807) is 31.2 Å². The number of allylic oxidation sites excluding steroid dienone is 1. The van der Waals surface area contributed by atoms with E-state index in [1.807, 2.05) is 0 Å². The molecular formula is C17H14BrNO4S. The van der Waals surface area contributed by atoms with Crippen LogP contribution in [0.5, 0.6) is 11.5 Å². The molecule has 124 valence electrons. The maximum absolute atomic E-state index is 12.5. The molecule has 0 bridgehead atoms. The molecule has 0 saturated heterocycles. The molecule has 0 amide bonds. The van der Waals surface area contributed by atoms with Gasteiger partial charge in [0.15, 0.2) is 11.5 Å². The van der Waals surface area contributed by atoms with Gasteiger partial charge in [0.25, 0.3) is 0 Å². The number of nitriles is 1.